The molecule has 134 valence electrons. The van der Waals surface area contributed by atoms with Crippen LogP contribution in [0.3, 0.4) is 0 Å². The van der Waals surface area contributed by atoms with Crippen LogP contribution in [-0.2, 0) is 0 Å². The zero-order valence-corrected chi connectivity index (χ0v) is 14.9. The van der Waals surface area contributed by atoms with E-state index in [9.17, 15) is 10.4 Å². The van der Waals surface area contributed by atoms with Gasteiger partial charge in [0.25, 0.3) is 0 Å². The summed E-state index contributed by atoms with van der Waals surface area (Å²) in [6.07, 6.45) is 5.34. The molecule has 2 aromatic rings. The Labute approximate surface area is 153 Å². The highest BCUT2D eigenvalue weighted by atomic mass is 16.5. The average molecular weight is 349 g/mol. The number of hydrogen-bond donors (Lipinski definition) is 1. The number of pyridine rings is 1. The number of aliphatic hydroxyl groups is 1. The Morgan fingerprint density at radius 2 is 2.35 bits per heavy atom. The summed E-state index contributed by atoms with van der Waals surface area (Å²) in [5.41, 5.74) is 2.01. The van der Waals surface area contributed by atoms with Crippen LogP contribution in [-0.4, -0.2) is 41.2 Å². The Morgan fingerprint density at radius 1 is 1.50 bits per heavy atom. The second kappa shape index (κ2) is 6.71. The van der Waals surface area contributed by atoms with Crippen LogP contribution in [0, 0.1) is 23.2 Å². The molecule has 5 heteroatoms. The molecule has 0 aliphatic carbocycles. The first-order chi connectivity index (χ1) is 12.7. The average Bonchev–Trinajstić information content (AvgIpc) is 2.71. The lowest BCUT2D eigenvalue weighted by atomic mass is 9.73. The van der Waals surface area contributed by atoms with E-state index >= 15 is 0 Å². The van der Waals surface area contributed by atoms with E-state index in [1.807, 2.05) is 12.1 Å². The van der Waals surface area contributed by atoms with E-state index in [2.05, 4.69) is 28.6 Å². The summed E-state index contributed by atoms with van der Waals surface area (Å²) in [6, 6.07) is 7.68. The van der Waals surface area contributed by atoms with E-state index in [0.29, 0.717) is 28.7 Å². The van der Waals surface area contributed by atoms with Crippen LogP contribution in [0.4, 0.5) is 0 Å². The molecule has 0 radical (unpaired) electrons. The third kappa shape index (κ3) is 2.66. The van der Waals surface area contributed by atoms with Gasteiger partial charge in [-0.2, -0.15) is 5.26 Å². The molecular formula is C21H23N3O2. The van der Waals surface area contributed by atoms with Crippen molar-refractivity contribution in [3.05, 3.63) is 48.2 Å². The lowest BCUT2D eigenvalue weighted by Crippen LogP contribution is -2.54. The zero-order valence-electron chi connectivity index (χ0n) is 14.9. The van der Waals surface area contributed by atoms with Crippen LogP contribution in [0.25, 0.3) is 10.9 Å². The minimum absolute atomic E-state index is 0.109. The van der Waals surface area contributed by atoms with Gasteiger partial charge in [0.05, 0.1) is 24.3 Å². The fourth-order valence-corrected chi connectivity index (χ4v) is 4.62. The highest BCUT2D eigenvalue weighted by molar-refractivity contribution is 5.86. The standard InChI is InChI=1S/C21H23N3O2/c1-3-13-12-24-7-5-14(13)9-19(24)21(25)16-4-6-23-18-8-15(11-22)20(26-2)10-17(16)18/h3-4,6,8,10,13-14,19,21,25H,1,5,7,9,12H2,2H3/t13-,14?,19-,21+/m0/s1. The smallest absolute Gasteiger partial charge is 0.137 e. The molecule has 26 heavy (non-hydrogen) atoms. The third-order valence-electron chi connectivity index (χ3n) is 6.05. The largest absolute Gasteiger partial charge is 0.495 e. The molecule has 3 aliphatic rings. The molecule has 1 aromatic heterocycles. The third-order valence-corrected chi connectivity index (χ3v) is 6.05. The van der Waals surface area contributed by atoms with Crippen molar-refractivity contribution < 1.29 is 9.84 Å². The van der Waals surface area contributed by atoms with Gasteiger partial charge in [-0.05, 0) is 55.0 Å². The Balaban J connectivity index is 1.73. The van der Waals surface area contributed by atoms with Gasteiger partial charge >= 0.3 is 0 Å². The number of fused-ring (bicyclic) bond motifs is 4. The van der Waals surface area contributed by atoms with Gasteiger partial charge in [-0.1, -0.05) is 6.08 Å². The Morgan fingerprint density at radius 3 is 3.00 bits per heavy atom. The van der Waals surface area contributed by atoms with Crippen molar-refractivity contribution in [2.75, 3.05) is 20.2 Å². The molecule has 0 saturated carbocycles. The van der Waals surface area contributed by atoms with E-state index in [1.165, 1.54) is 6.42 Å². The maximum absolute atomic E-state index is 11.2. The van der Waals surface area contributed by atoms with Crippen molar-refractivity contribution in [2.24, 2.45) is 11.8 Å². The Bertz CT molecular complexity index is 889. The fourth-order valence-electron chi connectivity index (χ4n) is 4.62. The quantitative estimate of drug-likeness (QED) is 0.859. The first-order valence-electron chi connectivity index (χ1n) is 9.07. The normalized spacial score (nSPS) is 28.5. The van der Waals surface area contributed by atoms with Crippen molar-refractivity contribution in [2.45, 2.75) is 25.0 Å². The predicted octanol–water partition coefficient (Wildman–Crippen LogP) is 3.04. The first kappa shape index (κ1) is 17.0. The number of aromatic nitrogens is 1. The highest BCUT2D eigenvalue weighted by Crippen LogP contribution is 2.42. The molecule has 1 N–H and O–H groups in total. The molecule has 0 amide bonds. The van der Waals surface area contributed by atoms with Gasteiger partial charge in [0.1, 0.15) is 11.8 Å². The van der Waals surface area contributed by atoms with Crippen molar-refractivity contribution in [3.8, 4) is 11.8 Å². The summed E-state index contributed by atoms with van der Waals surface area (Å²) < 4.78 is 5.35. The Kier molecular flexibility index (Phi) is 4.39. The van der Waals surface area contributed by atoms with Crippen LogP contribution in [0.5, 0.6) is 5.75 Å². The fraction of sp³-hybridized carbons (Fsp3) is 0.429. The number of methoxy groups -OCH3 is 1. The van der Waals surface area contributed by atoms with Gasteiger partial charge in [-0.25, -0.2) is 0 Å². The lowest BCUT2D eigenvalue weighted by molar-refractivity contribution is -0.0444. The van der Waals surface area contributed by atoms with E-state index in [4.69, 9.17) is 4.74 Å². The molecule has 3 saturated heterocycles. The summed E-state index contributed by atoms with van der Waals surface area (Å²) >= 11 is 0. The number of benzene rings is 1. The van der Waals surface area contributed by atoms with Crippen molar-refractivity contribution >= 4 is 10.9 Å². The Hall–Kier alpha value is -2.42. The summed E-state index contributed by atoms with van der Waals surface area (Å²) in [5, 5.41) is 21.3. The van der Waals surface area contributed by atoms with Gasteiger partial charge in [0, 0.05) is 24.2 Å². The number of piperidine rings is 3. The minimum Gasteiger partial charge on any atom is -0.495 e. The SMILES string of the molecule is C=C[C@H]1CN2CCC1C[C@H]2[C@H](O)c1ccnc2cc(C#N)c(OC)cc12. The van der Waals surface area contributed by atoms with Crippen molar-refractivity contribution in [1.29, 1.82) is 5.26 Å². The van der Waals surface area contributed by atoms with Crippen LogP contribution < -0.4 is 4.74 Å². The maximum atomic E-state index is 11.2. The molecule has 5 nitrogen and oxygen atoms in total. The zero-order chi connectivity index (χ0) is 18.3. The van der Waals surface area contributed by atoms with Crippen LogP contribution in [0.15, 0.2) is 37.1 Å². The van der Waals surface area contributed by atoms with Gasteiger partial charge < -0.3 is 9.84 Å². The van der Waals surface area contributed by atoms with Crippen LogP contribution >= 0.6 is 0 Å². The molecule has 0 spiro atoms. The summed E-state index contributed by atoms with van der Waals surface area (Å²) in [7, 11) is 1.55. The topological polar surface area (TPSA) is 69.4 Å². The minimum atomic E-state index is -0.591. The molecule has 3 fully saturated rings. The van der Waals surface area contributed by atoms with Gasteiger partial charge in [0.2, 0.25) is 0 Å². The lowest BCUT2D eigenvalue weighted by Gasteiger charge is -2.50. The molecule has 5 rings (SSSR count). The summed E-state index contributed by atoms with van der Waals surface area (Å²) in [5.74, 6) is 1.64. The van der Waals surface area contributed by atoms with E-state index in [-0.39, 0.29) is 6.04 Å². The molecule has 1 aromatic carbocycles. The second-order valence-corrected chi connectivity index (χ2v) is 7.27. The number of ether oxygens (including phenoxy) is 1. The van der Waals surface area contributed by atoms with Crippen LogP contribution in [0.1, 0.15) is 30.1 Å². The summed E-state index contributed by atoms with van der Waals surface area (Å²) in [4.78, 5) is 6.78. The predicted molar refractivity (Wildman–Crippen MR) is 99.7 cm³/mol. The molecule has 5 atom stereocenters. The highest BCUT2D eigenvalue weighted by Gasteiger charge is 2.42. The number of aliphatic hydroxyl groups excluding tert-OH is 1. The maximum Gasteiger partial charge on any atom is 0.137 e. The number of nitriles is 1. The molecule has 4 heterocycles. The second-order valence-electron chi connectivity index (χ2n) is 7.27. The monoisotopic (exact) mass is 349 g/mol. The molecule has 2 bridgehead atoms. The summed E-state index contributed by atoms with van der Waals surface area (Å²) in [6.45, 7) is 5.97. The first-order valence-corrected chi connectivity index (χ1v) is 9.07. The van der Waals surface area contributed by atoms with Gasteiger partial charge in [-0.3, -0.25) is 9.88 Å². The van der Waals surface area contributed by atoms with Gasteiger partial charge in [0.15, 0.2) is 0 Å². The molecule has 3 aliphatic heterocycles. The van der Waals surface area contributed by atoms with E-state index < -0.39 is 6.10 Å². The number of nitrogens with zero attached hydrogens (tertiary/aromatic N) is 3. The van der Waals surface area contributed by atoms with Crippen LogP contribution in [0.2, 0.25) is 0 Å². The van der Waals surface area contributed by atoms with Gasteiger partial charge in [-0.15, -0.1) is 6.58 Å². The molecular weight excluding hydrogens is 326 g/mol. The number of rotatable bonds is 4. The molecule has 2 unspecified atom stereocenters. The van der Waals surface area contributed by atoms with Crippen molar-refractivity contribution in [3.63, 3.8) is 0 Å². The van der Waals surface area contributed by atoms with E-state index in [0.717, 1.165) is 30.5 Å². The number of hydrogen-bond acceptors (Lipinski definition) is 5. The van der Waals surface area contributed by atoms with Crippen molar-refractivity contribution in [1.82, 2.24) is 9.88 Å². The van der Waals surface area contributed by atoms with E-state index in [1.54, 1.807) is 19.4 Å².